The van der Waals surface area contributed by atoms with Crippen LogP contribution in [0.25, 0.3) is 0 Å². The number of nitrogen functional groups attached to an aromatic ring is 1. The highest BCUT2D eigenvalue weighted by atomic mass is 32.1. The highest BCUT2D eigenvalue weighted by Gasteiger charge is 2.05. The third-order valence-electron chi connectivity index (χ3n) is 2.04. The molecule has 2 N–H and O–H groups in total. The summed E-state index contributed by atoms with van der Waals surface area (Å²) in [6, 6.07) is 0. The number of unbranched alkanes of at least 4 members (excludes halogenated alkanes) is 3. The van der Waals surface area contributed by atoms with Crippen molar-refractivity contribution in [1.29, 1.82) is 0 Å². The van der Waals surface area contributed by atoms with Gasteiger partial charge in [-0.3, -0.25) is 0 Å². The molecule has 6 heteroatoms. The molecule has 0 unspecified atom stereocenters. The van der Waals surface area contributed by atoms with Crippen LogP contribution in [-0.2, 0) is 11.2 Å². The van der Waals surface area contributed by atoms with Crippen molar-refractivity contribution >= 4 is 33.7 Å². The van der Waals surface area contributed by atoms with Crippen molar-refractivity contribution < 1.29 is 4.74 Å². The second-order valence-corrected chi connectivity index (χ2v) is 5.04. The van der Waals surface area contributed by atoms with E-state index >= 15 is 0 Å². The molecule has 1 rings (SSSR count). The van der Waals surface area contributed by atoms with Crippen LogP contribution in [0.3, 0.4) is 0 Å². The van der Waals surface area contributed by atoms with Crippen molar-refractivity contribution in [2.24, 2.45) is 0 Å². The van der Waals surface area contributed by atoms with Gasteiger partial charge in [0.2, 0.25) is 5.13 Å². The average molecular weight is 259 g/mol. The molecule has 16 heavy (non-hydrogen) atoms. The topological polar surface area (TPSA) is 61.0 Å². The lowest BCUT2D eigenvalue weighted by Gasteiger charge is -2.05. The van der Waals surface area contributed by atoms with Gasteiger partial charge in [-0.25, -0.2) is 0 Å². The summed E-state index contributed by atoms with van der Waals surface area (Å²) in [5.41, 5.74) is 5.47. The van der Waals surface area contributed by atoms with Crippen molar-refractivity contribution in [1.82, 2.24) is 10.2 Å². The first-order valence-corrected chi connectivity index (χ1v) is 6.68. The molecule has 4 nitrogen and oxygen atoms in total. The van der Waals surface area contributed by atoms with Crippen LogP contribution in [0.5, 0.6) is 0 Å². The van der Waals surface area contributed by atoms with E-state index in [1.165, 1.54) is 30.6 Å². The van der Waals surface area contributed by atoms with Crippen LogP contribution in [0.15, 0.2) is 0 Å². The molecule has 0 aliphatic rings. The second kappa shape index (κ2) is 7.51. The first-order chi connectivity index (χ1) is 7.72. The fourth-order valence-corrected chi connectivity index (χ4v) is 2.15. The minimum Gasteiger partial charge on any atom is -0.487 e. The third-order valence-corrected chi connectivity index (χ3v) is 3.05. The molecule has 0 aromatic carbocycles. The van der Waals surface area contributed by atoms with Gasteiger partial charge >= 0.3 is 0 Å². The van der Waals surface area contributed by atoms with Gasteiger partial charge in [0.1, 0.15) is 5.01 Å². The Kier molecular flexibility index (Phi) is 6.25. The van der Waals surface area contributed by atoms with Gasteiger partial charge in [0.25, 0.3) is 0 Å². The van der Waals surface area contributed by atoms with E-state index in [4.69, 9.17) is 22.7 Å². The molecule has 0 spiro atoms. The molecule has 0 radical (unpaired) electrons. The lowest BCUT2D eigenvalue weighted by molar-refractivity contribution is 0.294. The quantitative estimate of drug-likeness (QED) is 0.602. The van der Waals surface area contributed by atoms with Crippen LogP contribution in [0, 0.1) is 0 Å². The van der Waals surface area contributed by atoms with E-state index < -0.39 is 0 Å². The highest BCUT2D eigenvalue weighted by Crippen LogP contribution is 2.12. The average Bonchev–Trinajstić information content (AvgIpc) is 2.63. The number of nitrogens with zero attached hydrogens (tertiary/aromatic N) is 2. The van der Waals surface area contributed by atoms with Crippen molar-refractivity contribution in [3.05, 3.63) is 5.01 Å². The zero-order valence-corrected chi connectivity index (χ0v) is 11.1. The fourth-order valence-electron chi connectivity index (χ4n) is 1.23. The largest absolute Gasteiger partial charge is 0.487 e. The molecule has 1 heterocycles. The minimum absolute atomic E-state index is 0.473. The summed E-state index contributed by atoms with van der Waals surface area (Å²) >= 11 is 6.45. The van der Waals surface area contributed by atoms with Gasteiger partial charge in [0.15, 0.2) is 5.05 Å². The molecule has 0 bridgehead atoms. The molecule has 1 aromatic heterocycles. The highest BCUT2D eigenvalue weighted by molar-refractivity contribution is 7.80. The number of ether oxygens (including phenoxy) is 1. The minimum atomic E-state index is 0.473. The summed E-state index contributed by atoms with van der Waals surface area (Å²) in [5.74, 6) is 0. The van der Waals surface area contributed by atoms with Gasteiger partial charge in [-0.1, -0.05) is 37.5 Å². The van der Waals surface area contributed by atoms with E-state index in [0.29, 0.717) is 23.2 Å². The Balaban J connectivity index is 2.11. The summed E-state index contributed by atoms with van der Waals surface area (Å²) < 4.78 is 5.43. The van der Waals surface area contributed by atoms with Crippen LogP contribution in [0.1, 0.15) is 37.6 Å². The fraction of sp³-hybridized carbons (Fsp3) is 0.700. The maximum Gasteiger partial charge on any atom is 0.203 e. The Morgan fingerprint density at radius 2 is 2.19 bits per heavy atom. The van der Waals surface area contributed by atoms with Gasteiger partial charge < -0.3 is 10.5 Å². The molecule has 0 aliphatic carbocycles. The Hall–Kier alpha value is -0.750. The number of thiocarbonyl (C=S) groups is 1. The van der Waals surface area contributed by atoms with Crippen molar-refractivity contribution in [3.8, 4) is 0 Å². The van der Waals surface area contributed by atoms with Crippen molar-refractivity contribution in [2.45, 2.75) is 39.0 Å². The van der Waals surface area contributed by atoms with Crippen LogP contribution in [-0.4, -0.2) is 21.9 Å². The summed E-state index contributed by atoms with van der Waals surface area (Å²) in [6.45, 7) is 2.89. The number of hydrogen-bond donors (Lipinski definition) is 1. The summed E-state index contributed by atoms with van der Waals surface area (Å²) in [7, 11) is 0. The van der Waals surface area contributed by atoms with Gasteiger partial charge in [-0.2, -0.15) is 0 Å². The van der Waals surface area contributed by atoms with Gasteiger partial charge in [-0.15, -0.1) is 10.2 Å². The molecule has 90 valence electrons. The van der Waals surface area contributed by atoms with Crippen LogP contribution < -0.4 is 5.73 Å². The Morgan fingerprint density at radius 3 is 2.81 bits per heavy atom. The van der Waals surface area contributed by atoms with E-state index in [9.17, 15) is 0 Å². The van der Waals surface area contributed by atoms with Gasteiger partial charge in [0.05, 0.1) is 13.0 Å². The number of anilines is 1. The molecule has 0 saturated heterocycles. The first kappa shape index (κ1) is 13.3. The molecule has 0 amide bonds. The van der Waals surface area contributed by atoms with E-state index in [2.05, 4.69) is 17.1 Å². The molecule has 0 aliphatic heterocycles. The van der Waals surface area contributed by atoms with Crippen LogP contribution >= 0.6 is 23.6 Å². The number of nitrogens with two attached hydrogens (primary N) is 1. The lowest BCUT2D eigenvalue weighted by atomic mass is 10.2. The predicted octanol–water partition coefficient (Wildman–Crippen LogP) is 2.59. The molecule has 0 fully saturated rings. The van der Waals surface area contributed by atoms with E-state index in [1.54, 1.807) is 0 Å². The lowest BCUT2D eigenvalue weighted by Crippen LogP contribution is -2.06. The molecular weight excluding hydrogens is 242 g/mol. The SMILES string of the molecule is CCCCCCOC(=S)Cc1nnc(N)s1. The monoisotopic (exact) mass is 259 g/mol. The summed E-state index contributed by atoms with van der Waals surface area (Å²) in [6.07, 6.45) is 5.28. The van der Waals surface area contributed by atoms with Gasteiger partial charge in [-0.05, 0) is 18.6 Å². The van der Waals surface area contributed by atoms with Gasteiger partial charge in [0, 0.05) is 0 Å². The second-order valence-electron chi connectivity index (χ2n) is 3.49. The Morgan fingerprint density at radius 1 is 1.38 bits per heavy atom. The van der Waals surface area contributed by atoms with E-state index in [-0.39, 0.29) is 0 Å². The van der Waals surface area contributed by atoms with Crippen molar-refractivity contribution in [3.63, 3.8) is 0 Å². The first-order valence-electron chi connectivity index (χ1n) is 5.46. The number of hydrogen-bond acceptors (Lipinski definition) is 6. The molecule has 0 atom stereocenters. The van der Waals surface area contributed by atoms with Crippen LogP contribution in [0.2, 0.25) is 0 Å². The molecular formula is C10H17N3OS2. The zero-order valence-electron chi connectivity index (χ0n) is 9.44. The Bertz CT molecular complexity index is 328. The Labute approximate surface area is 105 Å². The molecule has 0 saturated carbocycles. The smallest absolute Gasteiger partial charge is 0.203 e. The molecule has 1 aromatic rings. The summed E-state index contributed by atoms with van der Waals surface area (Å²) in [4.78, 5) is 0. The summed E-state index contributed by atoms with van der Waals surface area (Å²) in [5, 5.41) is 9.48. The number of rotatable bonds is 7. The normalized spacial score (nSPS) is 10.3. The van der Waals surface area contributed by atoms with E-state index in [1.807, 2.05) is 0 Å². The maximum atomic E-state index is 5.47. The van der Waals surface area contributed by atoms with E-state index in [0.717, 1.165) is 11.4 Å². The number of aromatic nitrogens is 2. The predicted molar refractivity (Wildman–Crippen MR) is 70.7 cm³/mol. The zero-order chi connectivity index (χ0) is 11.8. The van der Waals surface area contributed by atoms with Crippen molar-refractivity contribution in [2.75, 3.05) is 12.3 Å². The standard InChI is InChI=1S/C10H17N3OS2/c1-2-3-4-5-6-14-9(15)7-8-12-13-10(11)16-8/h2-7H2,1H3,(H2,11,13). The third kappa shape index (κ3) is 5.37. The maximum absolute atomic E-state index is 5.47. The van der Waals surface area contributed by atoms with Crippen LogP contribution in [0.4, 0.5) is 5.13 Å².